The highest BCUT2D eigenvalue weighted by atomic mass is 16.5. The van der Waals surface area contributed by atoms with Crippen LogP contribution in [0.15, 0.2) is 60.9 Å². The number of methoxy groups -OCH3 is 2. The fourth-order valence-corrected chi connectivity index (χ4v) is 6.60. The number of carbonyl (C=O) groups excluding carboxylic acids is 4. The lowest BCUT2D eigenvalue weighted by Gasteiger charge is -2.35. The third-order valence-electron chi connectivity index (χ3n) is 9.73. The molecule has 0 unspecified atom stereocenters. The van der Waals surface area contributed by atoms with Crippen molar-refractivity contribution in [2.45, 2.75) is 78.0 Å². The number of nitrogens with zero attached hydrogens (tertiary/aromatic N) is 4. The minimum atomic E-state index is -0.725. The van der Waals surface area contributed by atoms with Crippen LogP contribution in [0.3, 0.4) is 0 Å². The van der Waals surface area contributed by atoms with Crippen LogP contribution < -0.4 is 10.6 Å². The summed E-state index contributed by atoms with van der Waals surface area (Å²) in [7, 11) is 2.56. The second kappa shape index (κ2) is 17.2. The lowest BCUT2D eigenvalue weighted by molar-refractivity contribution is -0.138. The number of piperidine rings is 1. The summed E-state index contributed by atoms with van der Waals surface area (Å²) >= 11 is 0. The van der Waals surface area contributed by atoms with Gasteiger partial charge in [-0.3, -0.25) is 9.59 Å². The quantitative estimate of drug-likeness (QED) is 0.126. The molecule has 1 aliphatic rings. The summed E-state index contributed by atoms with van der Waals surface area (Å²) in [6.45, 7) is 10.7. The first-order valence-corrected chi connectivity index (χ1v) is 18.1. The third kappa shape index (κ3) is 8.87. The van der Waals surface area contributed by atoms with Crippen LogP contribution >= 0.6 is 0 Å². The molecule has 1 aliphatic heterocycles. The van der Waals surface area contributed by atoms with Gasteiger partial charge in [-0.15, -0.1) is 0 Å². The van der Waals surface area contributed by atoms with Gasteiger partial charge in [0.1, 0.15) is 23.7 Å². The van der Waals surface area contributed by atoms with Gasteiger partial charge >= 0.3 is 12.2 Å². The molecule has 2 aromatic heterocycles. The molecule has 14 nitrogen and oxygen atoms in total. The Morgan fingerprint density at radius 1 is 0.849 bits per heavy atom. The zero-order valence-corrected chi connectivity index (χ0v) is 31.4. The average Bonchev–Trinajstić information content (AvgIpc) is 3.87. The summed E-state index contributed by atoms with van der Waals surface area (Å²) in [5.74, 6) is 0.855. The van der Waals surface area contributed by atoms with E-state index in [2.05, 4.69) is 59.6 Å². The van der Waals surface area contributed by atoms with Gasteiger partial charge in [-0.05, 0) is 61.3 Å². The van der Waals surface area contributed by atoms with Crippen molar-refractivity contribution in [3.63, 3.8) is 0 Å². The third-order valence-corrected chi connectivity index (χ3v) is 9.73. The maximum Gasteiger partial charge on any atom is 0.407 e. The van der Waals surface area contributed by atoms with Gasteiger partial charge < -0.3 is 39.9 Å². The predicted octanol–water partition coefficient (Wildman–Crippen LogP) is 6.22. The summed E-state index contributed by atoms with van der Waals surface area (Å²) in [5.41, 5.74) is 5.67. The average molecular weight is 727 g/mol. The Bertz CT molecular complexity index is 1870. The molecule has 0 radical (unpaired) electrons. The van der Waals surface area contributed by atoms with Crippen LogP contribution in [-0.2, 0) is 19.1 Å². The van der Waals surface area contributed by atoms with E-state index in [-0.39, 0.29) is 29.8 Å². The Kier molecular flexibility index (Phi) is 12.5. The molecule has 0 aliphatic carbocycles. The molecule has 4 amide bonds. The first-order valence-electron chi connectivity index (χ1n) is 18.1. The number of rotatable bonds is 13. The molecule has 282 valence electrons. The summed E-state index contributed by atoms with van der Waals surface area (Å²) < 4.78 is 9.43. The van der Waals surface area contributed by atoms with Crippen LogP contribution in [0.25, 0.3) is 33.6 Å². The zero-order valence-electron chi connectivity index (χ0n) is 31.4. The minimum Gasteiger partial charge on any atom is -0.453 e. The van der Waals surface area contributed by atoms with Gasteiger partial charge in [0.05, 0.1) is 50.1 Å². The lowest BCUT2D eigenvalue weighted by Crippen LogP contribution is -2.52. The number of aromatic nitrogens is 4. The SMILES string of the molecule is CCCN(C(=O)[C@@H](NC(=O)OC)C(C)C)[C@@H](C)c1ncc(-c2ccc(-c3ccc(-c4cnc([C@H](C)N5CCC[C@@H](NC(=O)OC)C5=O)[nH]4)cc3)cc2)[nH]1. The van der Waals surface area contributed by atoms with E-state index in [4.69, 9.17) is 4.74 Å². The van der Waals surface area contributed by atoms with Gasteiger partial charge in [0, 0.05) is 13.1 Å². The molecule has 1 fully saturated rings. The first-order chi connectivity index (χ1) is 25.4. The van der Waals surface area contributed by atoms with E-state index in [9.17, 15) is 19.2 Å². The van der Waals surface area contributed by atoms with E-state index in [0.717, 1.165) is 46.5 Å². The van der Waals surface area contributed by atoms with Crippen LogP contribution in [-0.4, -0.2) is 93.1 Å². The molecule has 0 bridgehead atoms. The first kappa shape index (κ1) is 38.6. The van der Waals surface area contributed by atoms with E-state index < -0.39 is 24.3 Å². The second-order valence-electron chi connectivity index (χ2n) is 13.6. The number of nitrogens with one attached hydrogen (secondary N) is 4. The molecule has 4 aromatic rings. The number of amides is 4. The number of imidazole rings is 2. The number of H-pyrrole nitrogens is 2. The molecule has 4 N–H and O–H groups in total. The Hall–Kier alpha value is -5.66. The number of alkyl carbamates (subject to hydrolysis) is 2. The van der Waals surface area contributed by atoms with Gasteiger partial charge in [0.25, 0.3) is 0 Å². The van der Waals surface area contributed by atoms with Crippen molar-refractivity contribution in [3.8, 4) is 33.6 Å². The summed E-state index contributed by atoms with van der Waals surface area (Å²) in [6, 6.07) is 14.4. The highest BCUT2D eigenvalue weighted by molar-refractivity contribution is 5.87. The van der Waals surface area contributed by atoms with Crippen LogP contribution in [0.1, 0.15) is 77.6 Å². The molecule has 1 saturated heterocycles. The number of hydrogen-bond acceptors (Lipinski definition) is 8. The van der Waals surface area contributed by atoms with Gasteiger partial charge in [0.2, 0.25) is 11.8 Å². The molecule has 2 aromatic carbocycles. The van der Waals surface area contributed by atoms with Gasteiger partial charge in [-0.1, -0.05) is 69.3 Å². The van der Waals surface area contributed by atoms with Crippen LogP contribution in [0, 0.1) is 5.92 Å². The van der Waals surface area contributed by atoms with Crippen molar-refractivity contribution in [1.82, 2.24) is 40.4 Å². The largest absolute Gasteiger partial charge is 0.453 e. The summed E-state index contributed by atoms with van der Waals surface area (Å²) in [4.78, 5) is 69.9. The van der Waals surface area contributed by atoms with E-state index in [0.29, 0.717) is 31.2 Å². The molecule has 53 heavy (non-hydrogen) atoms. The number of benzene rings is 2. The van der Waals surface area contributed by atoms with Crippen molar-refractivity contribution in [1.29, 1.82) is 0 Å². The van der Waals surface area contributed by atoms with Gasteiger partial charge in [0.15, 0.2) is 0 Å². The number of likely N-dealkylation sites (tertiary alicyclic amines) is 1. The fourth-order valence-electron chi connectivity index (χ4n) is 6.60. The standard InChI is InChI=1S/C39H50N8O6/c1-8-19-46(37(49)33(23(2)3)45-39(51)53-7)24(4)34-40-21-31(42-34)28-15-11-26(12-16-28)27-13-17-29(18-14-27)32-22-41-35(43-32)25(5)47-20-9-10-30(36(47)48)44-38(50)52-6/h11-18,21-25,30,33H,8-10,19-20H2,1-7H3,(H,40,42)(H,41,43)(H,44,50)(H,45,51)/t24-,25-,30+,33-/m0/s1. The molecule has 5 rings (SSSR count). The number of hydrogen-bond donors (Lipinski definition) is 4. The molecule has 0 saturated carbocycles. The van der Waals surface area contributed by atoms with E-state index in [1.54, 1.807) is 22.2 Å². The van der Waals surface area contributed by atoms with Gasteiger partial charge in [-0.25, -0.2) is 19.6 Å². The fraction of sp³-hybridized carbons (Fsp3) is 0.436. The Morgan fingerprint density at radius 3 is 1.91 bits per heavy atom. The Balaban J connectivity index is 1.24. The summed E-state index contributed by atoms with van der Waals surface area (Å²) in [6.07, 6.45) is 4.37. The van der Waals surface area contributed by atoms with E-state index >= 15 is 0 Å². The number of ether oxygens (including phenoxy) is 2. The molecule has 4 atom stereocenters. The molecular formula is C39H50N8O6. The molecule has 3 heterocycles. The van der Waals surface area contributed by atoms with E-state index in [1.807, 2.05) is 58.9 Å². The maximum absolute atomic E-state index is 13.6. The zero-order chi connectivity index (χ0) is 38.2. The van der Waals surface area contributed by atoms with E-state index in [1.165, 1.54) is 14.2 Å². The highest BCUT2D eigenvalue weighted by Gasteiger charge is 2.35. The van der Waals surface area contributed by atoms with Crippen LogP contribution in [0.4, 0.5) is 9.59 Å². The van der Waals surface area contributed by atoms with Crippen molar-refractivity contribution < 1.29 is 28.7 Å². The van der Waals surface area contributed by atoms with Crippen molar-refractivity contribution in [2.24, 2.45) is 5.92 Å². The molecule has 0 spiro atoms. The van der Waals surface area contributed by atoms with Crippen molar-refractivity contribution in [2.75, 3.05) is 27.3 Å². The monoisotopic (exact) mass is 726 g/mol. The Labute approximate surface area is 310 Å². The smallest absolute Gasteiger partial charge is 0.407 e. The topological polar surface area (TPSA) is 175 Å². The van der Waals surface area contributed by atoms with Crippen molar-refractivity contribution in [3.05, 3.63) is 72.6 Å². The Morgan fingerprint density at radius 2 is 1.38 bits per heavy atom. The van der Waals surface area contributed by atoms with Crippen LogP contribution in [0.2, 0.25) is 0 Å². The van der Waals surface area contributed by atoms with Crippen LogP contribution in [0.5, 0.6) is 0 Å². The lowest BCUT2D eigenvalue weighted by atomic mass is 10.0. The maximum atomic E-state index is 13.6. The number of carbonyl (C=O) groups is 4. The highest BCUT2D eigenvalue weighted by Crippen LogP contribution is 2.30. The normalized spacial score (nSPS) is 16.1. The molecular weight excluding hydrogens is 676 g/mol. The molecule has 14 heteroatoms. The van der Waals surface area contributed by atoms with Gasteiger partial charge in [-0.2, -0.15) is 0 Å². The van der Waals surface area contributed by atoms with Crippen molar-refractivity contribution >= 4 is 24.0 Å². The predicted molar refractivity (Wildman–Crippen MR) is 200 cm³/mol. The minimum absolute atomic E-state index is 0.131. The summed E-state index contributed by atoms with van der Waals surface area (Å²) in [5, 5.41) is 5.32. The second-order valence-corrected chi connectivity index (χ2v) is 13.6. The number of aromatic amines is 2.